The third kappa shape index (κ3) is 4.73. The summed E-state index contributed by atoms with van der Waals surface area (Å²) in [6, 6.07) is 9.30. The maximum atomic E-state index is 12.4. The lowest BCUT2D eigenvalue weighted by molar-refractivity contribution is -0.119. The Labute approximate surface area is 155 Å². The number of ether oxygens (including phenoxy) is 2. The molecule has 0 bridgehead atoms. The van der Waals surface area contributed by atoms with Crippen LogP contribution in [0.15, 0.2) is 36.4 Å². The first-order valence-electron chi connectivity index (χ1n) is 7.52. The summed E-state index contributed by atoms with van der Waals surface area (Å²) < 4.78 is 10.4. The topological polar surface area (TPSA) is 108 Å². The molecule has 26 heavy (non-hydrogen) atoms. The fourth-order valence-electron chi connectivity index (χ4n) is 2.13. The Balaban J connectivity index is 2.21. The number of carbonyl (C=O) groups is 3. The van der Waals surface area contributed by atoms with Crippen LogP contribution < -0.4 is 20.5 Å². The number of ketones is 1. The first-order valence-corrected chi connectivity index (χ1v) is 7.90. The molecular weight excluding hydrogens is 360 g/mol. The molecule has 8 heteroatoms. The molecule has 7 nitrogen and oxygen atoms in total. The Morgan fingerprint density at radius 1 is 1.12 bits per heavy atom. The summed E-state index contributed by atoms with van der Waals surface area (Å²) in [6.45, 7) is 1.09. The minimum atomic E-state index is -0.668. The number of nitrogens with one attached hydrogen (secondary N) is 1. The molecule has 2 amide bonds. The van der Waals surface area contributed by atoms with Crippen LogP contribution >= 0.6 is 11.6 Å². The number of amides is 2. The lowest BCUT2D eigenvalue weighted by Gasteiger charge is -2.13. The fraction of sp³-hybridized carbons (Fsp3) is 0.167. The molecule has 2 rings (SSSR count). The highest BCUT2D eigenvalue weighted by atomic mass is 35.5. The number of anilines is 1. The van der Waals surface area contributed by atoms with E-state index >= 15 is 0 Å². The number of hydrogen-bond acceptors (Lipinski definition) is 5. The maximum Gasteiger partial charge on any atom is 0.255 e. The molecule has 0 aromatic heterocycles. The lowest BCUT2D eigenvalue weighted by atomic mass is 10.1. The van der Waals surface area contributed by atoms with Crippen LogP contribution in [0, 0.1) is 0 Å². The predicted octanol–water partition coefficient (Wildman–Crippen LogP) is 2.67. The SMILES string of the molecule is COc1cc(C(=O)Nc2ccc(C(C)=O)cc2)cc(Cl)c1OCC(N)=O. The summed E-state index contributed by atoms with van der Waals surface area (Å²) >= 11 is 6.12. The molecule has 2 aromatic rings. The van der Waals surface area contributed by atoms with Crippen molar-refractivity contribution in [3.63, 3.8) is 0 Å². The third-order valence-corrected chi connectivity index (χ3v) is 3.68. The number of rotatable bonds is 7. The van der Waals surface area contributed by atoms with E-state index in [1.165, 1.54) is 26.2 Å². The van der Waals surface area contributed by atoms with E-state index < -0.39 is 11.8 Å². The van der Waals surface area contributed by atoms with Gasteiger partial charge in [0, 0.05) is 16.8 Å². The fourth-order valence-corrected chi connectivity index (χ4v) is 2.39. The summed E-state index contributed by atoms with van der Waals surface area (Å²) in [5.41, 5.74) is 6.34. The molecule has 0 saturated heterocycles. The number of primary amides is 1. The van der Waals surface area contributed by atoms with Gasteiger partial charge in [-0.15, -0.1) is 0 Å². The van der Waals surface area contributed by atoms with Gasteiger partial charge in [-0.2, -0.15) is 0 Å². The number of hydrogen-bond donors (Lipinski definition) is 2. The average Bonchev–Trinajstić information content (AvgIpc) is 2.60. The van der Waals surface area contributed by atoms with Crippen molar-refractivity contribution in [1.82, 2.24) is 0 Å². The normalized spacial score (nSPS) is 10.1. The summed E-state index contributed by atoms with van der Waals surface area (Å²) in [7, 11) is 1.38. The van der Waals surface area contributed by atoms with E-state index in [2.05, 4.69) is 5.32 Å². The molecule has 136 valence electrons. The number of halogens is 1. The largest absolute Gasteiger partial charge is 0.493 e. The molecule has 0 aliphatic rings. The van der Waals surface area contributed by atoms with Crippen LogP contribution in [0.5, 0.6) is 11.5 Å². The standard InChI is InChI=1S/C18H17ClN2O5/c1-10(22)11-3-5-13(6-4-11)21-18(24)12-7-14(19)17(15(8-12)25-2)26-9-16(20)23/h3-8H,9H2,1-2H3,(H2,20,23)(H,21,24). The van der Waals surface area contributed by atoms with Crippen molar-refractivity contribution in [2.24, 2.45) is 5.73 Å². The second kappa shape index (κ2) is 8.35. The second-order valence-electron chi connectivity index (χ2n) is 5.33. The van der Waals surface area contributed by atoms with Crippen LogP contribution in [0.2, 0.25) is 5.02 Å². The van der Waals surface area contributed by atoms with Gasteiger partial charge in [-0.25, -0.2) is 0 Å². The second-order valence-corrected chi connectivity index (χ2v) is 5.74. The summed E-state index contributed by atoms with van der Waals surface area (Å²) in [6.07, 6.45) is 0. The molecule has 2 aromatic carbocycles. The van der Waals surface area contributed by atoms with Gasteiger partial charge in [-0.05, 0) is 43.3 Å². The van der Waals surface area contributed by atoms with Crippen molar-refractivity contribution < 1.29 is 23.9 Å². The maximum absolute atomic E-state index is 12.4. The molecular formula is C18H17ClN2O5. The van der Waals surface area contributed by atoms with Gasteiger partial charge < -0.3 is 20.5 Å². The van der Waals surface area contributed by atoms with Crippen LogP contribution in [-0.4, -0.2) is 31.3 Å². The smallest absolute Gasteiger partial charge is 0.255 e. The minimum Gasteiger partial charge on any atom is -0.493 e. The van der Waals surface area contributed by atoms with Crippen molar-refractivity contribution in [2.75, 3.05) is 19.0 Å². The molecule has 0 heterocycles. The van der Waals surface area contributed by atoms with E-state index in [4.69, 9.17) is 26.8 Å². The minimum absolute atomic E-state index is 0.0639. The molecule has 0 radical (unpaired) electrons. The number of carbonyl (C=O) groups excluding carboxylic acids is 3. The van der Waals surface area contributed by atoms with Crippen LogP contribution in [0.4, 0.5) is 5.69 Å². The zero-order chi connectivity index (χ0) is 19.3. The van der Waals surface area contributed by atoms with E-state index in [-0.39, 0.29) is 34.5 Å². The average molecular weight is 377 g/mol. The van der Waals surface area contributed by atoms with E-state index in [0.717, 1.165) is 0 Å². The third-order valence-electron chi connectivity index (χ3n) is 3.40. The molecule has 0 spiro atoms. The Kier molecular flexibility index (Phi) is 6.19. The summed E-state index contributed by atoms with van der Waals surface area (Å²) in [5, 5.41) is 2.79. The van der Waals surface area contributed by atoms with Gasteiger partial charge in [0.1, 0.15) is 0 Å². The molecule has 0 atom stereocenters. The highest BCUT2D eigenvalue weighted by Crippen LogP contribution is 2.36. The molecule has 3 N–H and O–H groups in total. The highest BCUT2D eigenvalue weighted by Gasteiger charge is 2.17. The van der Waals surface area contributed by atoms with Crippen molar-refractivity contribution in [1.29, 1.82) is 0 Å². The van der Waals surface area contributed by atoms with Crippen molar-refractivity contribution in [3.05, 3.63) is 52.5 Å². The molecule has 0 fully saturated rings. The van der Waals surface area contributed by atoms with Gasteiger partial charge in [0.05, 0.1) is 12.1 Å². The van der Waals surface area contributed by atoms with Gasteiger partial charge in [-0.3, -0.25) is 14.4 Å². The number of nitrogens with two attached hydrogens (primary N) is 1. The van der Waals surface area contributed by atoms with E-state index in [9.17, 15) is 14.4 Å². The van der Waals surface area contributed by atoms with Gasteiger partial charge in [0.25, 0.3) is 11.8 Å². The molecule has 0 aliphatic heterocycles. The number of benzene rings is 2. The van der Waals surface area contributed by atoms with Crippen LogP contribution in [0.25, 0.3) is 0 Å². The highest BCUT2D eigenvalue weighted by molar-refractivity contribution is 6.32. The van der Waals surface area contributed by atoms with Crippen LogP contribution in [-0.2, 0) is 4.79 Å². The first kappa shape index (κ1) is 19.3. The predicted molar refractivity (Wildman–Crippen MR) is 97.1 cm³/mol. The molecule has 0 unspecified atom stereocenters. The lowest BCUT2D eigenvalue weighted by Crippen LogP contribution is -2.20. The number of methoxy groups -OCH3 is 1. The molecule has 0 saturated carbocycles. The van der Waals surface area contributed by atoms with E-state index in [1.54, 1.807) is 24.3 Å². The van der Waals surface area contributed by atoms with Gasteiger partial charge in [0.15, 0.2) is 23.9 Å². The summed E-state index contributed by atoms with van der Waals surface area (Å²) in [5.74, 6) is -0.849. The quantitative estimate of drug-likeness (QED) is 0.722. The van der Waals surface area contributed by atoms with Gasteiger partial charge >= 0.3 is 0 Å². The first-order chi connectivity index (χ1) is 12.3. The Bertz CT molecular complexity index is 849. The van der Waals surface area contributed by atoms with Gasteiger partial charge in [0.2, 0.25) is 0 Å². The Morgan fingerprint density at radius 2 is 1.77 bits per heavy atom. The molecule has 0 aliphatic carbocycles. The van der Waals surface area contributed by atoms with Crippen molar-refractivity contribution >= 4 is 34.9 Å². The van der Waals surface area contributed by atoms with Crippen molar-refractivity contribution in [2.45, 2.75) is 6.92 Å². The van der Waals surface area contributed by atoms with Crippen LogP contribution in [0.1, 0.15) is 27.6 Å². The zero-order valence-electron chi connectivity index (χ0n) is 14.2. The zero-order valence-corrected chi connectivity index (χ0v) is 14.9. The monoisotopic (exact) mass is 376 g/mol. The number of Topliss-reactive ketones (excluding diaryl/α,β-unsaturated/α-hetero) is 1. The van der Waals surface area contributed by atoms with Crippen molar-refractivity contribution in [3.8, 4) is 11.5 Å². The van der Waals surface area contributed by atoms with E-state index in [1.807, 2.05) is 0 Å². The van der Waals surface area contributed by atoms with Gasteiger partial charge in [-0.1, -0.05) is 11.6 Å². The van der Waals surface area contributed by atoms with Crippen LogP contribution in [0.3, 0.4) is 0 Å². The van der Waals surface area contributed by atoms with E-state index in [0.29, 0.717) is 11.3 Å². The Morgan fingerprint density at radius 3 is 2.31 bits per heavy atom. The summed E-state index contributed by atoms with van der Waals surface area (Å²) in [4.78, 5) is 34.6. The Hall–Kier alpha value is -3.06.